The molecule has 1 aliphatic heterocycles. The summed E-state index contributed by atoms with van der Waals surface area (Å²) in [6.45, 7) is 8.83. The summed E-state index contributed by atoms with van der Waals surface area (Å²) in [6.07, 6.45) is 2.42. The number of hydrogen-bond acceptors (Lipinski definition) is 5. The first-order valence-corrected chi connectivity index (χ1v) is 13.3. The highest BCUT2D eigenvalue weighted by atomic mass is 35.5. The molecule has 0 aromatic heterocycles. The van der Waals surface area contributed by atoms with Crippen LogP contribution in [-0.2, 0) is 16.2 Å². The molecule has 0 radical (unpaired) electrons. The summed E-state index contributed by atoms with van der Waals surface area (Å²) in [7, 11) is 1.61. The van der Waals surface area contributed by atoms with Gasteiger partial charge in [0.2, 0.25) is 0 Å². The van der Waals surface area contributed by atoms with E-state index in [9.17, 15) is 9.59 Å². The molecule has 1 unspecified atom stereocenters. The second-order valence-corrected chi connectivity index (χ2v) is 12.6. The van der Waals surface area contributed by atoms with Crippen molar-refractivity contribution < 1.29 is 19.1 Å². The zero-order chi connectivity index (χ0) is 26.5. The molecule has 194 valence electrons. The highest BCUT2D eigenvalue weighted by Gasteiger charge is 2.49. The Balaban J connectivity index is 1.54. The highest BCUT2D eigenvalue weighted by molar-refractivity contribution is 6.30. The molecule has 2 aliphatic carbocycles. The average molecular weight is 520 g/mol. The lowest BCUT2D eigenvalue weighted by molar-refractivity contribution is -0.124. The first-order chi connectivity index (χ1) is 17.5. The van der Waals surface area contributed by atoms with Crippen molar-refractivity contribution in [3.8, 4) is 11.5 Å². The Morgan fingerprint density at radius 1 is 0.892 bits per heavy atom. The number of carbonyl (C=O) groups excluding carboxylic acids is 2. The van der Waals surface area contributed by atoms with Crippen molar-refractivity contribution in [3.63, 3.8) is 0 Å². The van der Waals surface area contributed by atoms with Gasteiger partial charge in [-0.05, 0) is 59.1 Å². The molecule has 1 fully saturated rings. The molecule has 3 aliphatic rings. The lowest BCUT2D eigenvalue weighted by Crippen LogP contribution is -2.45. The summed E-state index contributed by atoms with van der Waals surface area (Å²) in [6, 6.07) is 13.3. The molecule has 2 aromatic rings. The number of halogens is 1. The molecule has 1 heterocycles. The third kappa shape index (κ3) is 5.11. The normalized spacial score (nSPS) is 24.2. The summed E-state index contributed by atoms with van der Waals surface area (Å²) in [4.78, 5) is 32.1. The van der Waals surface area contributed by atoms with E-state index in [2.05, 4.69) is 27.7 Å². The van der Waals surface area contributed by atoms with E-state index in [0.29, 0.717) is 41.5 Å². The predicted molar refractivity (Wildman–Crippen MR) is 146 cm³/mol. The zero-order valence-corrected chi connectivity index (χ0v) is 22.9. The third-order valence-corrected chi connectivity index (χ3v) is 7.94. The SMILES string of the molecule is COc1cc([C@@H]2C3=C(CC(C)(C)CC3=O)N=C3CC(C)(C)CC(=O)C32)ccc1OCc1ccc(Cl)cc1. The lowest BCUT2D eigenvalue weighted by atomic mass is 9.60. The van der Waals surface area contributed by atoms with E-state index in [0.717, 1.165) is 35.4 Å². The van der Waals surface area contributed by atoms with Crippen molar-refractivity contribution in [1.82, 2.24) is 0 Å². The molecule has 5 rings (SSSR count). The minimum Gasteiger partial charge on any atom is -0.493 e. The van der Waals surface area contributed by atoms with Crippen LogP contribution in [0.15, 0.2) is 58.7 Å². The predicted octanol–water partition coefficient (Wildman–Crippen LogP) is 7.11. The van der Waals surface area contributed by atoms with E-state index in [1.54, 1.807) is 7.11 Å². The molecule has 1 saturated carbocycles. The van der Waals surface area contributed by atoms with Gasteiger partial charge in [-0.25, -0.2) is 0 Å². The van der Waals surface area contributed by atoms with E-state index in [1.165, 1.54) is 0 Å². The van der Waals surface area contributed by atoms with Crippen LogP contribution in [0.3, 0.4) is 0 Å². The van der Waals surface area contributed by atoms with Gasteiger partial charge in [0.25, 0.3) is 0 Å². The smallest absolute Gasteiger partial charge is 0.161 e. The molecular weight excluding hydrogens is 486 g/mol. The Bertz CT molecular complexity index is 1320. The number of carbonyl (C=O) groups is 2. The quantitative estimate of drug-likeness (QED) is 0.422. The van der Waals surface area contributed by atoms with Crippen LogP contribution in [0.2, 0.25) is 5.02 Å². The second-order valence-electron chi connectivity index (χ2n) is 12.2. The molecule has 0 bridgehead atoms. The fourth-order valence-corrected chi connectivity index (χ4v) is 6.24. The summed E-state index contributed by atoms with van der Waals surface area (Å²) in [5.74, 6) is 0.665. The summed E-state index contributed by atoms with van der Waals surface area (Å²) in [5.41, 5.74) is 4.06. The fraction of sp³-hybridized carbons (Fsp3) is 0.452. The molecule has 0 saturated heterocycles. The van der Waals surface area contributed by atoms with Gasteiger partial charge in [0.1, 0.15) is 12.4 Å². The minimum atomic E-state index is -0.414. The molecule has 0 amide bonds. The van der Waals surface area contributed by atoms with Crippen molar-refractivity contribution in [2.75, 3.05) is 7.11 Å². The Morgan fingerprint density at radius 3 is 2.30 bits per heavy atom. The first-order valence-electron chi connectivity index (χ1n) is 12.9. The monoisotopic (exact) mass is 519 g/mol. The van der Waals surface area contributed by atoms with E-state index >= 15 is 0 Å². The van der Waals surface area contributed by atoms with Crippen LogP contribution in [0.5, 0.6) is 11.5 Å². The average Bonchev–Trinajstić information content (AvgIpc) is 2.80. The van der Waals surface area contributed by atoms with Crippen LogP contribution in [-0.4, -0.2) is 24.4 Å². The Hall–Kier alpha value is -2.92. The summed E-state index contributed by atoms with van der Waals surface area (Å²) < 4.78 is 11.8. The first kappa shape index (κ1) is 25.7. The highest BCUT2D eigenvalue weighted by Crippen LogP contribution is 2.52. The number of Topliss-reactive ketones (excluding diaryl/α,β-unsaturated/α-hetero) is 2. The van der Waals surface area contributed by atoms with Gasteiger partial charge < -0.3 is 9.47 Å². The number of methoxy groups -OCH3 is 1. The van der Waals surface area contributed by atoms with Gasteiger partial charge in [0, 0.05) is 40.8 Å². The number of allylic oxidation sites excluding steroid dienone is 2. The van der Waals surface area contributed by atoms with Crippen LogP contribution in [0.1, 0.15) is 70.4 Å². The molecule has 6 heteroatoms. The topological polar surface area (TPSA) is 65.0 Å². The lowest BCUT2D eigenvalue weighted by Gasteiger charge is -2.44. The summed E-state index contributed by atoms with van der Waals surface area (Å²) >= 11 is 6.00. The van der Waals surface area contributed by atoms with Crippen molar-refractivity contribution in [2.24, 2.45) is 21.7 Å². The number of rotatable bonds is 5. The molecule has 0 spiro atoms. The number of ether oxygens (including phenoxy) is 2. The number of nitrogens with zero attached hydrogens (tertiary/aromatic N) is 1. The standard InChI is InChI=1S/C31H34ClNO4/c1-30(2)13-21-28(23(34)15-30)27(29-22(33-21)14-31(3,4)16-24(29)35)19-8-11-25(26(12-19)36-5)37-17-18-6-9-20(32)10-7-18/h6-12,27-28H,13-17H2,1-5H3/t27-,28?/m0/s1. The van der Waals surface area contributed by atoms with Crippen LogP contribution in [0.25, 0.3) is 0 Å². The largest absolute Gasteiger partial charge is 0.493 e. The Kier molecular flexibility index (Phi) is 6.56. The number of aliphatic imine (C=N–C) groups is 1. The molecule has 37 heavy (non-hydrogen) atoms. The number of fused-ring (bicyclic) bond motifs is 1. The van der Waals surface area contributed by atoms with Gasteiger partial charge in [-0.3, -0.25) is 14.6 Å². The number of benzene rings is 2. The molecule has 5 nitrogen and oxygen atoms in total. The van der Waals surface area contributed by atoms with Gasteiger partial charge in [0.05, 0.1) is 13.0 Å². The van der Waals surface area contributed by atoms with Crippen molar-refractivity contribution in [1.29, 1.82) is 0 Å². The molecule has 2 atom stereocenters. The fourth-order valence-electron chi connectivity index (χ4n) is 6.11. The maximum Gasteiger partial charge on any atom is 0.161 e. The van der Waals surface area contributed by atoms with Crippen molar-refractivity contribution in [2.45, 2.75) is 65.9 Å². The third-order valence-electron chi connectivity index (χ3n) is 7.69. The van der Waals surface area contributed by atoms with Crippen molar-refractivity contribution in [3.05, 3.63) is 69.9 Å². The van der Waals surface area contributed by atoms with E-state index in [-0.39, 0.29) is 28.3 Å². The number of hydrogen-bond donors (Lipinski definition) is 0. The summed E-state index contributed by atoms with van der Waals surface area (Å²) in [5, 5.41) is 0.677. The maximum absolute atomic E-state index is 13.6. The van der Waals surface area contributed by atoms with Gasteiger partial charge >= 0.3 is 0 Å². The van der Waals surface area contributed by atoms with Crippen LogP contribution < -0.4 is 9.47 Å². The second kappa shape index (κ2) is 9.43. The molecule has 2 aromatic carbocycles. The zero-order valence-electron chi connectivity index (χ0n) is 22.2. The number of ketones is 2. The van der Waals surface area contributed by atoms with Gasteiger partial charge in [0.15, 0.2) is 17.3 Å². The van der Waals surface area contributed by atoms with Crippen LogP contribution >= 0.6 is 11.6 Å². The van der Waals surface area contributed by atoms with Crippen LogP contribution in [0.4, 0.5) is 0 Å². The van der Waals surface area contributed by atoms with Gasteiger partial charge in [-0.2, -0.15) is 0 Å². The van der Waals surface area contributed by atoms with Gasteiger partial charge in [-0.1, -0.05) is 57.5 Å². The maximum atomic E-state index is 13.6. The van der Waals surface area contributed by atoms with E-state index in [4.69, 9.17) is 26.1 Å². The van der Waals surface area contributed by atoms with E-state index in [1.807, 2.05) is 42.5 Å². The van der Waals surface area contributed by atoms with Crippen LogP contribution in [0, 0.1) is 16.7 Å². The minimum absolute atomic E-state index is 0.0960. The van der Waals surface area contributed by atoms with Crippen molar-refractivity contribution >= 4 is 28.9 Å². The Labute approximate surface area is 223 Å². The van der Waals surface area contributed by atoms with Gasteiger partial charge in [-0.15, -0.1) is 0 Å². The Morgan fingerprint density at radius 2 is 1.59 bits per heavy atom. The molecular formula is C31H34ClNO4. The molecule has 0 N–H and O–H groups in total. The van der Waals surface area contributed by atoms with E-state index < -0.39 is 5.92 Å².